The van der Waals surface area contributed by atoms with Gasteiger partial charge in [0.05, 0.1) is 12.7 Å². The number of carbonyl (C=O) groups excluding carboxylic acids is 2. The van der Waals surface area contributed by atoms with Gasteiger partial charge in [0.1, 0.15) is 17.1 Å². The average molecular weight is 274 g/mol. The van der Waals surface area contributed by atoms with Gasteiger partial charge in [0, 0.05) is 17.5 Å². The first-order chi connectivity index (χ1) is 9.73. The van der Waals surface area contributed by atoms with E-state index in [-0.39, 0.29) is 5.60 Å². The molecule has 4 heteroatoms. The monoisotopic (exact) mass is 274 g/mol. The van der Waals surface area contributed by atoms with Crippen LogP contribution in [0.3, 0.4) is 0 Å². The Bertz CT molecular complexity index is 556. The Morgan fingerprint density at radius 3 is 2.55 bits per heavy atom. The van der Waals surface area contributed by atoms with E-state index in [2.05, 4.69) is 0 Å². The second-order valence-corrected chi connectivity index (χ2v) is 5.65. The van der Waals surface area contributed by atoms with Crippen molar-refractivity contribution in [2.24, 2.45) is 0 Å². The Morgan fingerprint density at radius 2 is 1.95 bits per heavy atom. The quantitative estimate of drug-likeness (QED) is 0.795. The zero-order valence-corrected chi connectivity index (χ0v) is 11.6. The zero-order chi connectivity index (χ0) is 14.2. The molecule has 0 aromatic heterocycles. The molecule has 1 aliphatic heterocycles. The molecule has 0 atom stereocenters. The van der Waals surface area contributed by atoms with Crippen LogP contribution >= 0.6 is 0 Å². The smallest absolute Gasteiger partial charge is 0.154 e. The maximum atomic E-state index is 11.3. The molecule has 20 heavy (non-hydrogen) atoms. The molecule has 0 bridgehead atoms. The molecule has 0 amide bonds. The van der Waals surface area contributed by atoms with Gasteiger partial charge in [-0.15, -0.1) is 0 Å². The lowest BCUT2D eigenvalue weighted by Gasteiger charge is -2.32. The Balaban J connectivity index is 2.10. The lowest BCUT2D eigenvalue weighted by molar-refractivity contribution is 0.0521. The first-order valence-corrected chi connectivity index (χ1v) is 7.06. The minimum atomic E-state index is -0.201. The lowest BCUT2D eigenvalue weighted by atomic mass is 9.81. The normalized spacial score (nSPS) is 19.2. The molecule has 1 fully saturated rings. The van der Waals surface area contributed by atoms with Crippen LogP contribution in [-0.4, -0.2) is 25.3 Å². The number of hydrogen-bond acceptors (Lipinski definition) is 4. The predicted molar refractivity (Wildman–Crippen MR) is 73.9 cm³/mol. The summed E-state index contributed by atoms with van der Waals surface area (Å²) in [6, 6.07) is 1.64. The summed E-state index contributed by atoms with van der Waals surface area (Å²) in [5.41, 5.74) is 1.43. The Labute approximate surface area is 118 Å². The summed E-state index contributed by atoms with van der Waals surface area (Å²) in [7, 11) is 1.58. The second-order valence-electron chi connectivity index (χ2n) is 5.65. The fourth-order valence-corrected chi connectivity index (χ4v) is 3.45. The standard InChI is InChI=1S/C16H18O4/c1-19-14-7-11(9-17)13(10-18)15-12(14)8-16(20-15)5-3-2-4-6-16/h7,9-10H,2-6,8H2,1H3. The van der Waals surface area contributed by atoms with E-state index in [0.717, 1.165) is 37.7 Å². The van der Waals surface area contributed by atoms with Gasteiger partial charge in [-0.2, -0.15) is 0 Å². The van der Waals surface area contributed by atoms with Crippen LogP contribution in [0.15, 0.2) is 6.07 Å². The van der Waals surface area contributed by atoms with Crippen molar-refractivity contribution in [1.29, 1.82) is 0 Å². The van der Waals surface area contributed by atoms with Crippen molar-refractivity contribution < 1.29 is 19.1 Å². The summed E-state index contributed by atoms with van der Waals surface area (Å²) < 4.78 is 11.6. The number of aldehydes is 2. The largest absolute Gasteiger partial charge is 0.496 e. The molecule has 1 spiro atoms. The highest BCUT2D eigenvalue weighted by molar-refractivity contribution is 5.95. The SMILES string of the molecule is COc1cc(C=O)c(C=O)c2c1CC1(CCCCC1)O2. The summed E-state index contributed by atoms with van der Waals surface area (Å²) in [5, 5.41) is 0. The second kappa shape index (κ2) is 4.93. The zero-order valence-electron chi connectivity index (χ0n) is 11.6. The molecule has 1 aliphatic carbocycles. The highest BCUT2D eigenvalue weighted by atomic mass is 16.5. The summed E-state index contributed by atoms with van der Waals surface area (Å²) in [6.07, 6.45) is 7.69. The van der Waals surface area contributed by atoms with Gasteiger partial charge in [-0.3, -0.25) is 9.59 Å². The van der Waals surface area contributed by atoms with E-state index in [1.165, 1.54) is 6.42 Å². The molecule has 0 N–H and O–H groups in total. The van der Waals surface area contributed by atoms with Gasteiger partial charge < -0.3 is 9.47 Å². The first kappa shape index (κ1) is 13.2. The van der Waals surface area contributed by atoms with Gasteiger partial charge in [0.15, 0.2) is 12.6 Å². The molecule has 0 radical (unpaired) electrons. The third-order valence-electron chi connectivity index (χ3n) is 4.46. The minimum absolute atomic E-state index is 0.201. The number of carbonyl (C=O) groups is 2. The summed E-state index contributed by atoms with van der Waals surface area (Å²) >= 11 is 0. The third kappa shape index (κ3) is 1.90. The van der Waals surface area contributed by atoms with E-state index in [1.807, 2.05) is 0 Å². The van der Waals surface area contributed by atoms with Crippen LogP contribution in [0.2, 0.25) is 0 Å². The predicted octanol–water partition coefficient (Wildman–Crippen LogP) is 2.96. The highest BCUT2D eigenvalue weighted by Crippen LogP contribution is 2.48. The van der Waals surface area contributed by atoms with Crippen molar-refractivity contribution >= 4 is 12.6 Å². The van der Waals surface area contributed by atoms with Gasteiger partial charge >= 0.3 is 0 Å². The van der Waals surface area contributed by atoms with Crippen LogP contribution in [0.4, 0.5) is 0 Å². The van der Waals surface area contributed by atoms with Crippen LogP contribution in [0.1, 0.15) is 58.4 Å². The molecule has 3 rings (SSSR count). The maximum Gasteiger partial charge on any atom is 0.154 e. The molecule has 4 nitrogen and oxygen atoms in total. The van der Waals surface area contributed by atoms with Gasteiger partial charge in [0.25, 0.3) is 0 Å². The van der Waals surface area contributed by atoms with Crippen LogP contribution in [0, 0.1) is 0 Å². The lowest BCUT2D eigenvalue weighted by Crippen LogP contribution is -2.36. The number of rotatable bonds is 3. The summed E-state index contributed by atoms with van der Waals surface area (Å²) in [6.45, 7) is 0. The van der Waals surface area contributed by atoms with Crippen LogP contribution in [-0.2, 0) is 6.42 Å². The minimum Gasteiger partial charge on any atom is -0.496 e. The Kier molecular flexibility index (Phi) is 3.24. The maximum absolute atomic E-state index is 11.3. The molecule has 1 aromatic rings. The van der Waals surface area contributed by atoms with Gasteiger partial charge in [-0.25, -0.2) is 0 Å². The van der Waals surface area contributed by atoms with Gasteiger partial charge in [-0.05, 0) is 31.7 Å². The molecular formula is C16H18O4. The van der Waals surface area contributed by atoms with E-state index in [4.69, 9.17) is 9.47 Å². The number of fused-ring (bicyclic) bond motifs is 1. The van der Waals surface area contributed by atoms with Crippen molar-refractivity contribution in [1.82, 2.24) is 0 Å². The number of methoxy groups -OCH3 is 1. The Morgan fingerprint density at radius 1 is 1.20 bits per heavy atom. The van der Waals surface area contributed by atoms with E-state index in [0.29, 0.717) is 35.2 Å². The van der Waals surface area contributed by atoms with Gasteiger partial charge in [-0.1, -0.05) is 6.42 Å². The van der Waals surface area contributed by atoms with Crippen LogP contribution in [0.5, 0.6) is 11.5 Å². The molecule has 2 aliphatic rings. The summed E-state index contributed by atoms with van der Waals surface area (Å²) in [4.78, 5) is 22.5. The molecule has 1 saturated carbocycles. The van der Waals surface area contributed by atoms with Crippen molar-refractivity contribution in [3.05, 3.63) is 22.8 Å². The number of ether oxygens (including phenoxy) is 2. The molecule has 0 unspecified atom stereocenters. The highest BCUT2D eigenvalue weighted by Gasteiger charge is 2.43. The molecular weight excluding hydrogens is 256 g/mol. The van der Waals surface area contributed by atoms with E-state index in [1.54, 1.807) is 13.2 Å². The van der Waals surface area contributed by atoms with Crippen LogP contribution < -0.4 is 9.47 Å². The molecule has 1 aromatic carbocycles. The fourth-order valence-electron chi connectivity index (χ4n) is 3.45. The van der Waals surface area contributed by atoms with Crippen molar-refractivity contribution in [2.75, 3.05) is 7.11 Å². The van der Waals surface area contributed by atoms with E-state index in [9.17, 15) is 9.59 Å². The topological polar surface area (TPSA) is 52.6 Å². The third-order valence-corrected chi connectivity index (χ3v) is 4.46. The van der Waals surface area contributed by atoms with Crippen molar-refractivity contribution in [3.8, 4) is 11.5 Å². The summed E-state index contributed by atoms with van der Waals surface area (Å²) in [5.74, 6) is 1.21. The van der Waals surface area contributed by atoms with Crippen molar-refractivity contribution in [3.63, 3.8) is 0 Å². The van der Waals surface area contributed by atoms with Crippen LogP contribution in [0.25, 0.3) is 0 Å². The number of benzene rings is 1. The number of hydrogen-bond donors (Lipinski definition) is 0. The fraction of sp³-hybridized carbons (Fsp3) is 0.500. The van der Waals surface area contributed by atoms with E-state index >= 15 is 0 Å². The first-order valence-electron chi connectivity index (χ1n) is 7.06. The Hall–Kier alpha value is -1.84. The van der Waals surface area contributed by atoms with E-state index < -0.39 is 0 Å². The molecule has 106 valence electrons. The average Bonchev–Trinajstić information content (AvgIpc) is 2.84. The molecule has 0 saturated heterocycles. The molecule has 1 heterocycles. The van der Waals surface area contributed by atoms with Crippen molar-refractivity contribution in [2.45, 2.75) is 44.1 Å². The van der Waals surface area contributed by atoms with Gasteiger partial charge in [0.2, 0.25) is 0 Å².